The Hall–Kier alpha value is -0.480. The highest BCUT2D eigenvalue weighted by atomic mass is 16.6. The molecule has 12 heteroatoms. The molecule has 0 aromatic heterocycles. The zero-order chi connectivity index (χ0) is 25.0. The molecule has 0 bridgehead atoms. The summed E-state index contributed by atoms with van der Waals surface area (Å²) < 4.78 is 32.9. The van der Waals surface area contributed by atoms with Crippen LogP contribution in [-0.4, -0.2) is 174 Å². The molecular weight excluding hydrogens is 462 g/mol. The lowest BCUT2D eigenvalue weighted by atomic mass is 10.1. The van der Waals surface area contributed by atoms with E-state index in [9.17, 15) is 15.3 Å². The summed E-state index contributed by atoms with van der Waals surface area (Å²) in [6.45, 7) is 8.03. The van der Waals surface area contributed by atoms with Gasteiger partial charge in [-0.25, -0.2) is 0 Å². The third-order valence-corrected chi connectivity index (χ3v) is 6.28. The second kappa shape index (κ2) is 14.5. The first-order valence-electron chi connectivity index (χ1n) is 12.6. The molecule has 0 amide bonds. The van der Waals surface area contributed by atoms with E-state index < -0.39 is 16.8 Å². The van der Waals surface area contributed by atoms with Crippen molar-refractivity contribution in [1.82, 2.24) is 15.1 Å². The summed E-state index contributed by atoms with van der Waals surface area (Å²) in [6.07, 6.45) is 0. The van der Waals surface area contributed by atoms with Gasteiger partial charge in [0, 0.05) is 45.8 Å². The Morgan fingerprint density at radius 2 is 1.03 bits per heavy atom. The maximum Gasteiger partial charge on any atom is 0.124 e. The van der Waals surface area contributed by atoms with E-state index in [1.165, 1.54) is 0 Å². The topological polar surface area (TPSA) is 135 Å². The number of hydrogen-bond acceptors (Lipinski definition) is 12. The summed E-state index contributed by atoms with van der Waals surface area (Å²) in [4.78, 5) is 4.20. The van der Waals surface area contributed by atoms with Crippen LogP contribution in [0.2, 0.25) is 0 Å². The molecule has 3 aliphatic heterocycles. The lowest BCUT2D eigenvalue weighted by Gasteiger charge is -2.35. The number of hydrogen-bond donors (Lipinski definition) is 4. The van der Waals surface area contributed by atoms with Gasteiger partial charge in [-0.05, 0) is 7.05 Å². The minimum Gasteiger partial charge on any atom is -0.384 e. The van der Waals surface area contributed by atoms with Crippen molar-refractivity contribution in [2.45, 2.75) is 16.8 Å². The Labute approximate surface area is 208 Å². The van der Waals surface area contributed by atoms with Gasteiger partial charge >= 0.3 is 0 Å². The first-order valence-corrected chi connectivity index (χ1v) is 12.6. The summed E-state index contributed by atoms with van der Waals surface area (Å²) in [5, 5.41) is 35.9. The molecule has 3 heterocycles. The van der Waals surface area contributed by atoms with Crippen LogP contribution in [0.3, 0.4) is 0 Å². The number of likely N-dealkylation sites (N-methyl/N-ethyl adjacent to an activating group) is 1. The second-order valence-corrected chi connectivity index (χ2v) is 10.2. The molecule has 0 spiro atoms. The molecule has 3 aliphatic rings. The van der Waals surface area contributed by atoms with Gasteiger partial charge in [0.25, 0.3) is 0 Å². The monoisotopic (exact) mass is 507 g/mol. The predicted molar refractivity (Wildman–Crippen MR) is 127 cm³/mol. The van der Waals surface area contributed by atoms with Crippen LogP contribution in [0.5, 0.6) is 0 Å². The summed E-state index contributed by atoms with van der Waals surface area (Å²) in [7, 11) is 1.95. The Morgan fingerprint density at radius 3 is 1.51 bits per heavy atom. The molecule has 35 heavy (non-hydrogen) atoms. The number of nitrogens with one attached hydrogen (secondary N) is 1. The van der Waals surface area contributed by atoms with Gasteiger partial charge in [-0.3, -0.25) is 4.90 Å². The van der Waals surface area contributed by atoms with Gasteiger partial charge in [-0.1, -0.05) is 0 Å². The lowest BCUT2D eigenvalue weighted by molar-refractivity contribution is -0.0803. The van der Waals surface area contributed by atoms with Crippen molar-refractivity contribution in [3.8, 4) is 0 Å². The Balaban J connectivity index is 1.49. The fourth-order valence-corrected chi connectivity index (χ4v) is 4.47. The Morgan fingerprint density at radius 1 is 0.600 bits per heavy atom. The van der Waals surface area contributed by atoms with Gasteiger partial charge in [-0.2, -0.15) is 0 Å². The molecule has 0 saturated carbocycles. The number of rotatable bonds is 12. The second-order valence-electron chi connectivity index (χ2n) is 10.2. The van der Waals surface area contributed by atoms with E-state index in [2.05, 4.69) is 10.2 Å². The molecule has 0 aromatic rings. The molecule has 0 aromatic carbocycles. The third kappa shape index (κ3) is 10.8. The fraction of sp³-hybridized carbons (Fsp3) is 1.00. The van der Waals surface area contributed by atoms with Gasteiger partial charge in [0.05, 0.1) is 79.3 Å². The van der Waals surface area contributed by atoms with Crippen LogP contribution in [0.25, 0.3) is 0 Å². The highest BCUT2D eigenvalue weighted by Crippen LogP contribution is 2.14. The van der Waals surface area contributed by atoms with Crippen molar-refractivity contribution in [1.29, 1.82) is 0 Å². The quantitative estimate of drug-likeness (QED) is 0.203. The highest BCUT2D eigenvalue weighted by Gasteiger charge is 2.34. The molecule has 3 saturated heterocycles. The summed E-state index contributed by atoms with van der Waals surface area (Å²) in [6, 6.07) is 0. The van der Waals surface area contributed by atoms with Crippen LogP contribution in [-0.2, 0) is 28.4 Å². The summed E-state index contributed by atoms with van der Waals surface area (Å²) in [5.41, 5.74) is -3.20. The molecule has 12 nitrogen and oxygen atoms in total. The van der Waals surface area contributed by atoms with Crippen LogP contribution >= 0.6 is 0 Å². The van der Waals surface area contributed by atoms with Crippen molar-refractivity contribution in [2.24, 2.45) is 0 Å². The van der Waals surface area contributed by atoms with Crippen LogP contribution in [0.15, 0.2) is 0 Å². The van der Waals surface area contributed by atoms with Crippen molar-refractivity contribution in [3.05, 3.63) is 0 Å². The van der Waals surface area contributed by atoms with Crippen LogP contribution in [0.1, 0.15) is 0 Å². The molecule has 0 aliphatic carbocycles. The SMILES string of the molecule is CN(CCN(CCNCC1(O)COCCOC1)CC1(O)COCCOC1)CC1(O)COCCOC1. The van der Waals surface area contributed by atoms with E-state index in [4.69, 9.17) is 28.4 Å². The molecule has 3 fully saturated rings. The molecule has 0 radical (unpaired) electrons. The number of nitrogens with zero attached hydrogens (tertiary/aromatic N) is 2. The standard InChI is InChI=1S/C23H45N3O9/c1-25(13-22(28)17-32-8-9-33-18-22)4-5-26(14-23(29)19-34-10-11-35-20-23)3-2-24-12-21(27)15-30-6-7-31-16-21/h24,27-29H,2-20H2,1H3. The predicted octanol–water partition coefficient (Wildman–Crippen LogP) is -2.86. The maximum absolute atomic E-state index is 11.1. The molecule has 0 unspecified atom stereocenters. The van der Waals surface area contributed by atoms with E-state index in [-0.39, 0.29) is 39.6 Å². The molecule has 4 N–H and O–H groups in total. The summed E-state index contributed by atoms with van der Waals surface area (Å²) in [5.74, 6) is 0. The maximum atomic E-state index is 11.1. The van der Waals surface area contributed by atoms with E-state index in [0.29, 0.717) is 85.5 Å². The molecule has 206 valence electrons. The smallest absolute Gasteiger partial charge is 0.124 e. The van der Waals surface area contributed by atoms with Crippen molar-refractivity contribution >= 4 is 0 Å². The van der Waals surface area contributed by atoms with Crippen LogP contribution in [0.4, 0.5) is 0 Å². The Bertz CT molecular complexity index is 577. The molecular formula is C23H45N3O9. The first kappa shape index (κ1) is 29.1. The zero-order valence-electron chi connectivity index (χ0n) is 21.1. The van der Waals surface area contributed by atoms with E-state index in [1.807, 2.05) is 11.9 Å². The molecule has 3 rings (SSSR count). The van der Waals surface area contributed by atoms with E-state index in [1.54, 1.807) is 0 Å². The number of ether oxygens (including phenoxy) is 6. The van der Waals surface area contributed by atoms with Crippen LogP contribution in [0, 0.1) is 0 Å². The van der Waals surface area contributed by atoms with Gasteiger partial charge in [0.2, 0.25) is 0 Å². The van der Waals surface area contributed by atoms with Gasteiger partial charge in [-0.15, -0.1) is 0 Å². The average Bonchev–Trinajstić information content (AvgIpc) is 3.26. The molecule has 0 atom stereocenters. The van der Waals surface area contributed by atoms with Crippen molar-refractivity contribution in [3.63, 3.8) is 0 Å². The number of aliphatic hydroxyl groups is 3. The average molecular weight is 508 g/mol. The third-order valence-electron chi connectivity index (χ3n) is 6.28. The minimum atomic E-state index is -1.10. The zero-order valence-corrected chi connectivity index (χ0v) is 21.1. The largest absolute Gasteiger partial charge is 0.384 e. The first-order chi connectivity index (χ1) is 16.8. The van der Waals surface area contributed by atoms with E-state index in [0.717, 1.165) is 0 Å². The van der Waals surface area contributed by atoms with Gasteiger partial charge in [0.15, 0.2) is 0 Å². The van der Waals surface area contributed by atoms with Crippen LogP contribution < -0.4 is 5.32 Å². The minimum absolute atomic E-state index is 0.218. The van der Waals surface area contributed by atoms with Crippen molar-refractivity contribution < 1.29 is 43.7 Å². The normalized spacial score (nSPS) is 25.2. The lowest BCUT2D eigenvalue weighted by Crippen LogP contribution is -2.54. The summed E-state index contributed by atoms with van der Waals surface area (Å²) >= 11 is 0. The van der Waals surface area contributed by atoms with Crippen molar-refractivity contribution in [2.75, 3.05) is 132 Å². The fourth-order valence-electron chi connectivity index (χ4n) is 4.47. The van der Waals surface area contributed by atoms with E-state index >= 15 is 0 Å². The highest BCUT2D eigenvalue weighted by molar-refractivity contribution is 4.87. The van der Waals surface area contributed by atoms with Gasteiger partial charge in [0.1, 0.15) is 16.8 Å². The van der Waals surface area contributed by atoms with Gasteiger partial charge < -0.3 is 54.0 Å². The Kier molecular flexibility index (Phi) is 12.0.